The first-order chi connectivity index (χ1) is 8.81. The van der Waals surface area contributed by atoms with E-state index in [2.05, 4.69) is 15.1 Å². The second-order valence-corrected chi connectivity index (χ2v) is 6.12. The predicted molar refractivity (Wildman–Crippen MR) is 71.4 cm³/mol. The van der Waals surface area contributed by atoms with Gasteiger partial charge in [0.05, 0.1) is 6.54 Å². The molecule has 2 aliphatic heterocycles. The van der Waals surface area contributed by atoms with Crippen LogP contribution in [-0.2, 0) is 4.79 Å². The van der Waals surface area contributed by atoms with Gasteiger partial charge >= 0.3 is 0 Å². The Morgan fingerprint density at radius 1 is 1.06 bits per heavy atom. The van der Waals surface area contributed by atoms with Crippen LogP contribution >= 0.6 is 0 Å². The summed E-state index contributed by atoms with van der Waals surface area (Å²) in [4.78, 5) is 16.8. The van der Waals surface area contributed by atoms with E-state index in [4.69, 9.17) is 0 Å². The van der Waals surface area contributed by atoms with Crippen LogP contribution in [0.15, 0.2) is 0 Å². The van der Waals surface area contributed by atoms with E-state index in [0.29, 0.717) is 18.6 Å². The van der Waals surface area contributed by atoms with Crippen molar-refractivity contribution in [3.05, 3.63) is 0 Å². The normalized spacial score (nSPS) is 30.6. The second kappa shape index (κ2) is 5.57. The number of carbonyl (C=O) groups excluding carboxylic acids is 1. The molecule has 4 heteroatoms. The molecule has 0 aromatic heterocycles. The fourth-order valence-electron chi connectivity index (χ4n) is 3.28. The smallest absolute Gasteiger partial charge is 0.234 e. The standard InChI is InChI=1S/C14H25N3O/c18-14(15-12-5-6-12)11-16-7-3-4-13(10-16)17-8-1-2-9-17/h12-13H,1-11H2,(H,15,18)/t13-/m1/s1. The summed E-state index contributed by atoms with van der Waals surface area (Å²) in [5.74, 6) is 0.236. The van der Waals surface area contributed by atoms with Crippen LogP contribution in [0.3, 0.4) is 0 Å². The Morgan fingerprint density at radius 2 is 1.83 bits per heavy atom. The van der Waals surface area contributed by atoms with Crippen LogP contribution in [0.1, 0.15) is 38.5 Å². The van der Waals surface area contributed by atoms with Crippen LogP contribution in [0, 0.1) is 0 Å². The number of likely N-dealkylation sites (tertiary alicyclic amines) is 2. The zero-order valence-corrected chi connectivity index (χ0v) is 11.2. The van der Waals surface area contributed by atoms with Crippen molar-refractivity contribution >= 4 is 5.91 Å². The van der Waals surface area contributed by atoms with Gasteiger partial charge in [0.1, 0.15) is 0 Å². The molecule has 1 saturated carbocycles. The summed E-state index contributed by atoms with van der Waals surface area (Å²) in [6, 6.07) is 1.20. The average molecular weight is 251 g/mol. The molecular formula is C14H25N3O. The zero-order chi connectivity index (χ0) is 12.4. The highest BCUT2D eigenvalue weighted by Crippen LogP contribution is 2.21. The summed E-state index contributed by atoms with van der Waals surface area (Å²) in [5, 5.41) is 3.09. The van der Waals surface area contributed by atoms with Gasteiger partial charge in [-0.25, -0.2) is 0 Å². The maximum absolute atomic E-state index is 11.8. The molecular weight excluding hydrogens is 226 g/mol. The molecule has 3 rings (SSSR count). The molecule has 3 fully saturated rings. The maximum Gasteiger partial charge on any atom is 0.234 e. The maximum atomic E-state index is 11.8. The number of hydrogen-bond acceptors (Lipinski definition) is 3. The lowest BCUT2D eigenvalue weighted by atomic mass is 10.0. The van der Waals surface area contributed by atoms with Gasteiger partial charge in [-0.2, -0.15) is 0 Å². The van der Waals surface area contributed by atoms with E-state index in [1.54, 1.807) is 0 Å². The van der Waals surface area contributed by atoms with Gasteiger partial charge in [-0.3, -0.25) is 14.6 Å². The monoisotopic (exact) mass is 251 g/mol. The fraction of sp³-hybridized carbons (Fsp3) is 0.929. The predicted octanol–water partition coefficient (Wildman–Crippen LogP) is 0.825. The molecule has 2 saturated heterocycles. The summed E-state index contributed by atoms with van der Waals surface area (Å²) in [7, 11) is 0. The number of piperidine rings is 1. The van der Waals surface area contributed by atoms with E-state index in [-0.39, 0.29) is 5.91 Å². The highest BCUT2D eigenvalue weighted by Gasteiger charge is 2.29. The highest BCUT2D eigenvalue weighted by molar-refractivity contribution is 5.78. The van der Waals surface area contributed by atoms with E-state index in [1.807, 2.05) is 0 Å². The minimum Gasteiger partial charge on any atom is -0.352 e. The third-order valence-electron chi connectivity index (χ3n) is 4.45. The molecule has 0 spiro atoms. The van der Waals surface area contributed by atoms with Gasteiger partial charge in [0.2, 0.25) is 5.91 Å². The van der Waals surface area contributed by atoms with Gasteiger partial charge in [0.25, 0.3) is 0 Å². The van der Waals surface area contributed by atoms with Gasteiger partial charge in [0.15, 0.2) is 0 Å². The third kappa shape index (κ3) is 3.23. The van der Waals surface area contributed by atoms with Gasteiger partial charge < -0.3 is 5.32 Å². The van der Waals surface area contributed by atoms with Crippen molar-refractivity contribution in [1.29, 1.82) is 0 Å². The number of amides is 1. The third-order valence-corrected chi connectivity index (χ3v) is 4.45. The molecule has 102 valence electrons. The quantitative estimate of drug-likeness (QED) is 0.804. The van der Waals surface area contributed by atoms with Crippen LogP contribution < -0.4 is 5.32 Å². The van der Waals surface area contributed by atoms with Crippen molar-refractivity contribution in [1.82, 2.24) is 15.1 Å². The zero-order valence-electron chi connectivity index (χ0n) is 11.2. The van der Waals surface area contributed by atoms with Crippen LogP contribution in [0.4, 0.5) is 0 Å². The number of carbonyl (C=O) groups is 1. The van der Waals surface area contributed by atoms with E-state index in [1.165, 1.54) is 51.6 Å². The Balaban J connectivity index is 1.45. The van der Waals surface area contributed by atoms with Gasteiger partial charge in [-0.05, 0) is 58.2 Å². The van der Waals surface area contributed by atoms with Crippen molar-refractivity contribution < 1.29 is 4.79 Å². The summed E-state index contributed by atoms with van der Waals surface area (Å²) < 4.78 is 0. The fourth-order valence-corrected chi connectivity index (χ4v) is 3.28. The number of nitrogens with one attached hydrogen (secondary N) is 1. The molecule has 0 aromatic carbocycles. The summed E-state index contributed by atoms with van der Waals surface area (Å²) in [6.45, 7) is 5.35. The average Bonchev–Trinajstić information content (AvgIpc) is 3.00. The van der Waals surface area contributed by atoms with Gasteiger partial charge in [-0.15, -0.1) is 0 Å². The molecule has 0 aromatic rings. The van der Waals surface area contributed by atoms with Crippen molar-refractivity contribution in [3.63, 3.8) is 0 Å². The Kier molecular flexibility index (Phi) is 3.85. The molecule has 1 amide bonds. The summed E-state index contributed by atoms with van der Waals surface area (Å²) >= 11 is 0. The number of rotatable bonds is 4. The van der Waals surface area contributed by atoms with E-state index in [9.17, 15) is 4.79 Å². The molecule has 2 heterocycles. The highest BCUT2D eigenvalue weighted by atomic mass is 16.2. The molecule has 3 aliphatic rings. The van der Waals surface area contributed by atoms with Crippen molar-refractivity contribution in [2.75, 3.05) is 32.7 Å². The minimum absolute atomic E-state index is 0.236. The lowest BCUT2D eigenvalue weighted by Crippen LogP contribution is -2.49. The first-order valence-electron chi connectivity index (χ1n) is 7.57. The van der Waals surface area contributed by atoms with Crippen molar-refractivity contribution in [3.8, 4) is 0 Å². The Labute approximate surface area is 110 Å². The lowest BCUT2D eigenvalue weighted by molar-refractivity contribution is -0.122. The lowest BCUT2D eigenvalue weighted by Gasteiger charge is -2.37. The van der Waals surface area contributed by atoms with Crippen LogP contribution in [-0.4, -0.2) is 60.5 Å². The topological polar surface area (TPSA) is 35.6 Å². The van der Waals surface area contributed by atoms with Crippen LogP contribution in [0.2, 0.25) is 0 Å². The Bertz CT molecular complexity index is 297. The largest absolute Gasteiger partial charge is 0.352 e. The Morgan fingerprint density at radius 3 is 2.56 bits per heavy atom. The molecule has 1 N–H and O–H groups in total. The van der Waals surface area contributed by atoms with Crippen LogP contribution in [0.5, 0.6) is 0 Å². The number of nitrogens with zero attached hydrogens (tertiary/aromatic N) is 2. The van der Waals surface area contributed by atoms with E-state index in [0.717, 1.165) is 13.1 Å². The number of hydrogen-bond donors (Lipinski definition) is 1. The minimum atomic E-state index is 0.236. The Hall–Kier alpha value is -0.610. The molecule has 18 heavy (non-hydrogen) atoms. The van der Waals surface area contributed by atoms with E-state index < -0.39 is 0 Å². The molecule has 1 atom stereocenters. The second-order valence-electron chi connectivity index (χ2n) is 6.12. The first-order valence-corrected chi connectivity index (χ1v) is 7.57. The van der Waals surface area contributed by atoms with Crippen LogP contribution in [0.25, 0.3) is 0 Å². The van der Waals surface area contributed by atoms with Crippen molar-refractivity contribution in [2.24, 2.45) is 0 Å². The van der Waals surface area contributed by atoms with E-state index >= 15 is 0 Å². The first kappa shape index (κ1) is 12.4. The molecule has 0 radical (unpaired) electrons. The molecule has 4 nitrogen and oxygen atoms in total. The molecule has 0 unspecified atom stereocenters. The van der Waals surface area contributed by atoms with Crippen molar-refractivity contribution in [2.45, 2.75) is 50.6 Å². The SMILES string of the molecule is O=C(CN1CCC[C@@H](N2CCCC2)C1)NC1CC1. The summed E-state index contributed by atoms with van der Waals surface area (Å²) in [5.41, 5.74) is 0. The molecule has 0 bridgehead atoms. The van der Waals surface area contributed by atoms with Gasteiger partial charge in [-0.1, -0.05) is 0 Å². The van der Waals surface area contributed by atoms with Gasteiger partial charge in [0, 0.05) is 18.6 Å². The molecule has 1 aliphatic carbocycles. The summed E-state index contributed by atoms with van der Waals surface area (Å²) in [6.07, 6.45) is 7.65.